The van der Waals surface area contributed by atoms with Crippen LogP contribution in [0.5, 0.6) is 0 Å². The summed E-state index contributed by atoms with van der Waals surface area (Å²) in [6.45, 7) is 3.76. The largest absolute Gasteiger partial charge is 0.463 e. The third kappa shape index (κ3) is 3.37. The third-order valence-electron chi connectivity index (χ3n) is 4.13. The van der Waals surface area contributed by atoms with Gasteiger partial charge in [-0.25, -0.2) is 15.4 Å². The lowest BCUT2D eigenvalue weighted by molar-refractivity contribution is 0.0956. The summed E-state index contributed by atoms with van der Waals surface area (Å²) in [4.78, 5) is 22.6. The second kappa shape index (κ2) is 7.13. The van der Waals surface area contributed by atoms with Crippen molar-refractivity contribution < 1.29 is 9.21 Å². The number of hydrazone groups is 1. The van der Waals surface area contributed by atoms with E-state index in [1.165, 1.54) is 11.3 Å². The number of furan rings is 1. The van der Waals surface area contributed by atoms with Gasteiger partial charge < -0.3 is 4.42 Å². The lowest BCUT2D eigenvalue weighted by Crippen LogP contribution is -2.20. The van der Waals surface area contributed by atoms with Crippen molar-refractivity contribution in [1.29, 1.82) is 0 Å². The van der Waals surface area contributed by atoms with Gasteiger partial charge in [0, 0.05) is 5.39 Å². The van der Waals surface area contributed by atoms with Gasteiger partial charge in [0.1, 0.15) is 5.69 Å². The first-order valence-corrected chi connectivity index (χ1v) is 9.20. The van der Waals surface area contributed by atoms with Crippen LogP contribution in [0.4, 0.5) is 0 Å². The molecule has 3 heterocycles. The molecule has 1 amide bonds. The number of para-hydroxylation sites is 1. The van der Waals surface area contributed by atoms with Crippen molar-refractivity contribution in [1.82, 2.24) is 15.4 Å². The molecule has 0 saturated heterocycles. The molecule has 6 nitrogen and oxygen atoms in total. The first-order chi connectivity index (χ1) is 13.1. The Balaban J connectivity index is 1.72. The maximum Gasteiger partial charge on any atom is 0.272 e. The van der Waals surface area contributed by atoms with Gasteiger partial charge in [-0.3, -0.25) is 4.79 Å². The number of hydrogen-bond donors (Lipinski definition) is 1. The van der Waals surface area contributed by atoms with Gasteiger partial charge in [-0.05, 0) is 38.1 Å². The summed E-state index contributed by atoms with van der Waals surface area (Å²) in [5.41, 5.74) is 7.83. The number of thiazole rings is 1. The van der Waals surface area contributed by atoms with E-state index in [9.17, 15) is 4.79 Å². The third-order valence-corrected chi connectivity index (χ3v) is 5.17. The van der Waals surface area contributed by atoms with Crippen molar-refractivity contribution >= 4 is 33.9 Å². The molecule has 134 valence electrons. The standard InChI is InChI=1S/C20H16N4O2S/c1-12-19(27-11-21-12)13(2)23-24-20(25)15-10-17(18-8-5-9-26-18)22-16-7-4-3-6-14(15)16/h3-11H,1-2H3,(H,24,25). The van der Waals surface area contributed by atoms with Crippen molar-refractivity contribution in [3.63, 3.8) is 0 Å². The quantitative estimate of drug-likeness (QED) is 0.422. The van der Waals surface area contributed by atoms with Crippen molar-refractivity contribution in [2.24, 2.45) is 5.10 Å². The molecule has 0 spiro atoms. The van der Waals surface area contributed by atoms with Crippen LogP contribution in [0.2, 0.25) is 0 Å². The summed E-state index contributed by atoms with van der Waals surface area (Å²) in [7, 11) is 0. The molecule has 0 aliphatic heterocycles. The van der Waals surface area contributed by atoms with Crippen LogP contribution >= 0.6 is 11.3 Å². The van der Waals surface area contributed by atoms with Gasteiger partial charge >= 0.3 is 0 Å². The van der Waals surface area contributed by atoms with Crippen molar-refractivity contribution in [2.75, 3.05) is 0 Å². The molecule has 7 heteroatoms. The normalized spacial score (nSPS) is 11.7. The van der Waals surface area contributed by atoms with Gasteiger partial charge in [0.25, 0.3) is 5.91 Å². The van der Waals surface area contributed by atoms with Gasteiger partial charge in [0.15, 0.2) is 5.76 Å². The minimum atomic E-state index is -0.303. The number of carbonyl (C=O) groups is 1. The highest BCUT2D eigenvalue weighted by molar-refractivity contribution is 7.12. The molecular weight excluding hydrogens is 360 g/mol. The minimum absolute atomic E-state index is 0.303. The number of aryl methyl sites for hydroxylation is 1. The van der Waals surface area contributed by atoms with E-state index in [1.807, 2.05) is 44.2 Å². The number of aromatic nitrogens is 2. The van der Waals surface area contributed by atoms with Crippen LogP contribution in [0.1, 0.15) is 27.9 Å². The molecule has 1 N–H and O–H groups in total. The molecule has 0 fully saturated rings. The topological polar surface area (TPSA) is 80.4 Å². The number of amides is 1. The zero-order chi connectivity index (χ0) is 18.8. The number of nitrogens with one attached hydrogen (secondary N) is 1. The molecule has 4 rings (SSSR count). The van der Waals surface area contributed by atoms with Crippen molar-refractivity contribution in [3.8, 4) is 11.5 Å². The molecule has 4 aromatic rings. The highest BCUT2D eigenvalue weighted by Crippen LogP contribution is 2.25. The van der Waals surface area contributed by atoms with Crippen LogP contribution in [0.3, 0.4) is 0 Å². The number of rotatable bonds is 4. The molecule has 0 radical (unpaired) electrons. The number of benzene rings is 1. The van der Waals surface area contributed by atoms with Crippen LogP contribution in [0.25, 0.3) is 22.4 Å². The predicted octanol–water partition coefficient (Wildman–Crippen LogP) is 4.41. The van der Waals surface area contributed by atoms with E-state index < -0.39 is 0 Å². The van der Waals surface area contributed by atoms with Crippen LogP contribution in [-0.2, 0) is 0 Å². The van der Waals surface area contributed by atoms with E-state index in [1.54, 1.807) is 23.9 Å². The molecule has 0 saturated carbocycles. The fraction of sp³-hybridized carbons (Fsp3) is 0.100. The average molecular weight is 376 g/mol. The molecule has 0 unspecified atom stereocenters. The molecule has 0 bridgehead atoms. The summed E-state index contributed by atoms with van der Waals surface area (Å²) in [6.07, 6.45) is 1.58. The Labute approximate surface area is 159 Å². The van der Waals surface area contributed by atoms with Crippen LogP contribution in [0, 0.1) is 6.92 Å². The Hall–Kier alpha value is -3.32. The molecule has 0 aliphatic rings. The number of nitrogens with zero attached hydrogens (tertiary/aromatic N) is 3. The van der Waals surface area contributed by atoms with Crippen molar-refractivity contribution in [3.05, 3.63) is 70.4 Å². The highest BCUT2D eigenvalue weighted by Gasteiger charge is 2.15. The first-order valence-electron chi connectivity index (χ1n) is 8.32. The van der Waals surface area contributed by atoms with E-state index in [-0.39, 0.29) is 5.91 Å². The summed E-state index contributed by atoms with van der Waals surface area (Å²) in [6, 6.07) is 12.8. The predicted molar refractivity (Wildman–Crippen MR) is 106 cm³/mol. The lowest BCUT2D eigenvalue weighted by Gasteiger charge is -2.08. The fourth-order valence-corrected chi connectivity index (χ4v) is 3.56. The summed E-state index contributed by atoms with van der Waals surface area (Å²) in [5.74, 6) is 0.303. The van der Waals surface area contributed by atoms with Crippen LogP contribution < -0.4 is 5.43 Å². The fourth-order valence-electron chi connectivity index (χ4n) is 2.81. The molecule has 0 atom stereocenters. The molecule has 3 aromatic heterocycles. The van der Waals surface area contributed by atoms with E-state index >= 15 is 0 Å². The zero-order valence-corrected chi connectivity index (χ0v) is 15.6. The first kappa shape index (κ1) is 17.1. The lowest BCUT2D eigenvalue weighted by atomic mass is 10.1. The van der Waals surface area contributed by atoms with E-state index in [2.05, 4.69) is 20.5 Å². The Morgan fingerprint density at radius 1 is 1.22 bits per heavy atom. The Morgan fingerprint density at radius 3 is 2.81 bits per heavy atom. The maximum absolute atomic E-state index is 12.9. The monoisotopic (exact) mass is 376 g/mol. The smallest absolute Gasteiger partial charge is 0.272 e. The Kier molecular flexibility index (Phi) is 4.52. The van der Waals surface area contributed by atoms with E-state index in [0.717, 1.165) is 21.5 Å². The van der Waals surface area contributed by atoms with E-state index in [4.69, 9.17) is 4.42 Å². The number of fused-ring (bicyclic) bond motifs is 1. The Bertz CT molecular complexity index is 1150. The number of carbonyl (C=O) groups excluding carboxylic acids is 1. The SMILES string of the molecule is CC(=NNC(=O)c1cc(-c2ccco2)nc2ccccc12)c1scnc1C. The summed E-state index contributed by atoms with van der Waals surface area (Å²) < 4.78 is 5.44. The molecule has 1 aromatic carbocycles. The van der Waals surface area contributed by atoms with Crippen LogP contribution in [-0.4, -0.2) is 21.6 Å². The van der Waals surface area contributed by atoms with Gasteiger partial charge in [-0.15, -0.1) is 11.3 Å². The average Bonchev–Trinajstić information content (AvgIpc) is 3.36. The maximum atomic E-state index is 12.9. The summed E-state index contributed by atoms with van der Waals surface area (Å²) >= 11 is 1.49. The second-order valence-corrected chi connectivity index (χ2v) is 6.81. The van der Waals surface area contributed by atoms with Gasteiger partial charge in [0.05, 0.1) is 39.1 Å². The summed E-state index contributed by atoms with van der Waals surface area (Å²) in [5, 5.41) is 5.00. The minimum Gasteiger partial charge on any atom is -0.463 e. The van der Waals surface area contributed by atoms with Crippen molar-refractivity contribution in [2.45, 2.75) is 13.8 Å². The highest BCUT2D eigenvalue weighted by atomic mass is 32.1. The number of hydrogen-bond acceptors (Lipinski definition) is 6. The zero-order valence-electron chi connectivity index (χ0n) is 14.8. The molecular formula is C20H16N4O2S. The van der Waals surface area contributed by atoms with Gasteiger partial charge in [0.2, 0.25) is 0 Å². The van der Waals surface area contributed by atoms with Gasteiger partial charge in [-0.2, -0.15) is 5.10 Å². The Morgan fingerprint density at radius 2 is 2.07 bits per heavy atom. The van der Waals surface area contributed by atoms with Crippen LogP contribution in [0.15, 0.2) is 63.8 Å². The molecule has 0 aliphatic carbocycles. The van der Waals surface area contributed by atoms with E-state index in [0.29, 0.717) is 22.7 Å². The van der Waals surface area contributed by atoms with Gasteiger partial charge in [-0.1, -0.05) is 18.2 Å². The second-order valence-electron chi connectivity index (χ2n) is 5.95. The number of pyridine rings is 1. The molecule has 27 heavy (non-hydrogen) atoms.